The van der Waals surface area contributed by atoms with Crippen molar-refractivity contribution in [3.05, 3.63) is 63.1 Å². The smallest absolute Gasteiger partial charge is 0.320 e. The monoisotopic (exact) mass is 439 g/mol. The highest BCUT2D eigenvalue weighted by molar-refractivity contribution is 9.10. The summed E-state index contributed by atoms with van der Waals surface area (Å²) in [6.07, 6.45) is 0.569. The van der Waals surface area contributed by atoms with Crippen molar-refractivity contribution >= 4 is 33.5 Å². The molecule has 2 N–H and O–H groups in total. The number of hydrogen-bond acceptors (Lipinski definition) is 3. The zero-order chi connectivity index (χ0) is 19.1. The van der Waals surface area contributed by atoms with Crippen LogP contribution in [-0.4, -0.2) is 17.1 Å². The average Bonchev–Trinajstić information content (AvgIpc) is 2.58. The number of carboxylic acid groups (broad SMARTS) is 1. The number of benzene rings is 2. The summed E-state index contributed by atoms with van der Waals surface area (Å²) < 4.78 is 6.85. The van der Waals surface area contributed by atoms with Crippen molar-refractivity contribution in [3.8, 4) is 5.75 Å². The van der Waals surface area contributed by atoms with E-state index in [0.29, 0.717) is 36.3 Å². The quantitative estimate of drug-likeness (QED) is 0.557. The molecule has 0 aliphatic carbocycles. The Morgan fingerprint density at radius 3 is 2.62 bits per heavy atom. The topological polar surface area (TPSA) is 58.6 Å². The Hall–Kier alpha value is -1.56. The number of nitrogens with one attached hydrogen (secondary N) is 1. The Morgan fingerprint density at radius 1 is 1.23 bits per heavy atom. The summed E-state index contributed by atoms with van der Waals surface area (Å²) >= 11 is 9.64. The Bertz CT molecular complexity index is 752. The molecule has 2 aromatic rings. The van der Waals surface area contributed by atoms with Gasteiger partial charge in [0, 0.05) is 27.2 Å². The molecule has 4 nitrogen and oxygen atoms in total. The minimum Gasteiger partial charge on any atom is -0.489 e. The number of hydrogen-bond donors (Lipinski definition) is 2. The van der Waals surface area contributed by atoms with Gasteiger partial charge in [0.05, 0.1) is 0 Å². The molecule has 0 saturated heterocycles. The summed E-state index contributed by atoms with van der Waals surface area (Å²) in [7, 11) is 0. The number of aliphatic carboxylic acids is 1. The van der Waals surface area contributed by atoms with E-state index in [1.54, 1.807) is 0 Å². The van der Waals surface area contributed by atoms with Crippen LogP contribution in [0.3, 0.4) is 0 Å². The predicted molar refractivity (Wildman–Crippen MR) is 108 cm³/mol. The van der Waals surface area contributed by atoms with E-state index in [1.165, 1.54) is 0 Å². The maximum absolute atomic E-state index is 11.4. The van der Waals surface area contributed by atoms with Crippen molar-refractivity contribution in [2.75, 3.05) is 0 Å². The van der Waals surface area contributed by atoms with Gasteiger partial charge in [0.15, 0.2) is 0 Å². The second-order valence-electron chi connectivity index (χ2n) is 6.53. The SMILES string of the molecule is CC(C)CC(NCc1cc(Br)ccc1OCc1ccccc1Cl)C(=O)O. The molecule has 0 aromatic heterocycles. The third kappa shape index (κ3) is 6.31. The molecule has 0 saturated carbocycles. The highest BCUT2D eigenvalue weighted by Crippen LogP contribution is 2.25. The van der Waals surface area contributed by atoms with Gasteiger partial charge in [-0.2, -0.15) is 0 Å². The van der Waals surface area contributed by atoms with E-state index in [0.717, 1.165) is 15.6 Å². The van der Waals surface area contributed by atoms with Gasteiger partial charge < -0.3 is 15.2 Å². The van der Waals surface area contributed by atoms with Crippen molar-refractivity contribution in [1.82, 2.24) is 5.32 Å². The second kappa shape index (κ2) is 9.95. The van der Waals surface area contributed by atoms with Gasteiger partial charge in [0.1, 0.15) is 18.4 Å². The lowest BCUT2D eigenvalue weighted by Crippen LogP contribution is -2.37. The lowest BCUT2D eigenvalue weighted by atomic mass is 10.0. The summed E-state index contributed by atoms with van der Waals surface area (Å²) in [5.41, 5.74) is 1.79. The largest absolute Gasteiger partial charge is 0.489 e. The van der Waals surface area contributed by atoms with E-state index < -0.39 is 12.0 Å². The third-order valence-electron chi connectivity index (χ3n) is 3.91. The summed E-state index contributed by atoms with van der Waals surface area (Å²) in [5.74, 6) is 0.156. The zero-order valence-corrected chi connectivity index (χ0v) is 17.2. The van der Waals surface area contributed by atoms with Crippen molar-refractivity contribution < 1.29 is 14.6 Å². The van der Waals surface area contributed by atoms with Crippen LogP contribution in [0.1, 0.15) is 31.4 Å². The number of ether oxygens (including phenoxy) is 1. The Morgan fingerprint density at radius 2 is 1.96 bits per heavy atom. The van der Waals surface area contributed by atoms with Crippen LogP contribution in [-0.2, 0) is 17.9 Å². The van der Waals surface area contributed by atoms with Gasteiger partial charge in [-0.25, -0.2) is 0 Å². The highest BCUT2D eigenvalue weighted by atomic mass is 79.9. The van der Waals surface area contributed by atoms with Crippen LogP contribution in [0.4, 0.5) is 0 Å². The third-order valence-corrected chi connectivity index (χ3v) is 4.77. The maximum Gasteiger partial charge on any atom is 0.320 e. The molecular weight excluding hydrogens is 418 g/mol. The number of rotatable bonds is 9. The summed E-state index contributed by atoms with van der Waals surface area (Å²) in [6.45, 7) is 4.77. The molecule has 0 heterocycles. The molecule has 2 rings (SSSR count). The minimum atomic E-state index is -0.841. The zero-order valence-electron chi connectivity index (χ0n) is 14.8. The number of halogens is 2. The average molecular weight is 441 g/mol. The second-order valence-corrected chi connectivity index (χ2v) is 7.86. The first-order valence-electron chi connectivity index (χ1n) is 8.47. The van der Waals surface area contributed by atoms with Gasteiger partial charge in [0.2, 0.25) is 0 Å². The standard InChI is InChI=1S/C20H23BrClNO3/c1-13(2)9-18(20(24)25)23-11-15-10-16(21)7-8-19(15)26-12-14-5-3-4-6-17(14)22/h3-8,10,13,18,23H,9,11-12H2,1-2H3,(H,24,25). The molecule has 0 radical (unpaired) electrons. The van der Waals surface area contributed by atoms with E-state index in [4.69, 9.17) is 16.3 Å². The van der Waals surface area contributed by atoms with Gasteiger partial charge in [-0.3, -0.25) is 4.79 Å². The van der Waals surface area contributed by atoms with Crippen LogP contribution in [0.25, 0.3) is 0 Å². The summed E-state index contributed by atoms with van der Waals surface area (Å²) in [4.78, 5) is 11.4. The van der Waals surface area contributed by atoms with E-state index in [1.807, 2.05) is 56.3 Å². The molecule has 140 valence electrons. The van der Waals surface area contributed by atoms with Gasteiger partial charge in [-0.05, 0) is 36.6 Å². The molecule has 6 heteroatoms. The molecular formula is C20H23BrClNO3. The molecule has 2 aromatic carbocycles. The van der Waals surface area contributed by atoms with E-state index >= 15 is 0 Å². The fraction of sp³-hybridized carbons (Fsp3) is 0.350. The minimum absolute atomic E-state index is 0.294. The molecule has 0 aliphatic rings. The fourth-order valence-electron chi connectivity index (χ4n) is 2.57. The van der Waals surface area contributed by atoms with Gasteiger partial charge in [-0.1, -0.05) is 59.6 Å². The van der Waals surface area contributed by atoms with Crippen LogP contribution < -0.4 is 10.1 Å². The molecule has 0 aliphatic heterocycles. The van der Waals surface area contributed by atoms with Crippen molar-refractivity contribution in [3.63, 3.8) is 0 Å². The Labute approximate surface area is 167 Å². The molecule has 0 amide bonds. The molecule has 1 atom stereocenters. The van der Waals surface area contributed by atoms with Gasteiger partial charge in [0.25, 0.3) is 0 Å². The first-order chi connectivity index (χ1) is 12.4. The van der Waals surface area contributed by atoms with Crippen molar-refractivity contribution in [1.29, 1.82) is 0 Å². The lowest BCUT2D eigenvalue weighted by molar-refractivity contribution is -0.140. The van der Waals surface area contributed by atoms with Crippen LogP contribution in [0.15, 0.2) is 46.9 Å². The van der Waals surface area contributed by atoms with E-state index in [-0.39, 0.29) is 0 Å². The van der Waals surface area contributed by atoms with Crippen LogP contribution in [0, 0.1) is 5.92 Å². The normalized spacial score (nSPS) is 12.2. The van der Waals surface area contributed by atoms with Crippen molar-refractivity contribution in [2.24, 2.45) is 5.92 Å². The highest BCUT2D eigenvalue weighted by Gasteiger charge is 2.19. The fourth-order valence-corrected chi connectivity index (χ4v) is 3.17. The van der Waals surface area contributed by atoms with E-state index in [9.17, 15) is 9.90 Å². The van der Waals surface area contributed by atoms with Crippen LogP contribution in [0.2, 0.25) is 5.02 Å². The maximum atomic E-state index is 11.4. The summed E-state index contributed by atoms with van der Waals surface area (Å²) in [6, 6.07) is 12.6. The lowest BCUT2D eigenvalue weighted by Gasteiger charge is -2.18. The number of carbonyl (C=O) groups is 1. The van der Waals surface area contributed by atoms with Gasteiger partial charge >= 0.3 is 5.97 Å². The van der Waals surface area contributed by atoms with Crippen LogP contribution >= 0.6 is 27.5 Å². The Kier molecular flexibility index (Phi) is 7.94. The Balaban J connectivity index is 2.09. The van der Waals surface area contributed by atoms with Gasteiger partial charge in [-0.15, -0.1) is 0 Å². The summed E-state index contributed by atoms with van der Waals surface area (Å²) in [5, 5.41) is 13.2. The molecule has 0 spiro atoms. The van der Waals surface area contributed by atoms with Crippen LogP contribution in [0.5, 0.6) is 5.75 Å². The first kappa shape index (κ1) is 20.7. The molecule has 0 fully saturated rings. The molecule has 1 unspecified atom stereocenters. The molecule has 26 heavy (non-hydrogen) atoms. The number of carboxylic acids is 1. The van der Waals surface area contributed by atoms with E-state index in [2.05, 4.69) is 21.2 Å². The first-order valence-corrected chi connectivity index (χ1v) is 9.64. The van der Waals surface area contributed by atoms with Crippen molar-refractivity contribution in [2.45, 2.75) is 39.5 Å². The predicted octanol–water partition coefficient (Wildman–Crippen LogP) is 5.27. The molecule has 0 bridgehead atoms.